The van der Waals surface area contributed by atoms with E-state index in [9.17, 15) is 13.2 Å². The van der Waals surface area contributed by atoms with E-state index in [2.05, 4.69) is 0 Å². The van der Waals surface area contributed by atoms with Crippen LogP contribution in [0.2, 0.25) is 0 Å². The second-order valence-corrected chi connectivity index (χ2v) is 6.73. The lowest BCUT2D eigenvalue weighted by molar-refractivity contribution is -0.130. The zero-order chi connectivity index (χ0) is 16.8. The number of anilines is 1. The van der Waals surface area contributed by atoms with Gasteiger partial charge in [0.2, 0.25) is 15.9 Å². The molecule has 0 aromatic heterocycles. The van der Waals surface area contributed by atoms with Crippen LogP contribution >= 0.6 is 0 Å². The van der Waals surface area contributed by atoms with E-state index >= 15 is 0 Å². The molecule has 1 amide bonds. The maximum Gasteiger partial charge on any atom is 0.232 e. The van der Waals surface area contributed by atoms with Crippen LogP contribution < -0.4 is 9.04 Å². The van der Waals surface area contributed by atoms with Gasteiger partial charge in [0.25, 0.3) is 0 Å². The van der Waals surface area contributed by atoms with Crippen LogP contribution in [0, 0.1) is 0 Å². The molecule has 1 aromatic rings. The normalized spacial score (nSPS) is 11.1. The predicted octanol–water partition coefficient (Wildman–Crippen LogP) is 1.72. The zero-order valence-corrected chi connectivity index (χ0v) is 14.4. The summed E-state index contributed by atoms with van der Waals surface area (Å²) in [6, 6.07) is 6.87. The number of hydrogen-bond acceptors (Lipinski definition) is 4. The molecule has 0 fully saturated rings. The van der Waals surface area contributed by atoms with E-state index in [1.54, 1.807) is 29.2 Å². The maximum atomic E-state index is 12.1. The van der Waals surface area contributed by atoms with Gasteiger partial charge in [-0.05, 0) is 26.0 Å². The van der Waals surface area contributed by atoms with Crippen LogP contribution in [0.15, 0.2) is 24.3 Å². The predicted molar refractivity (Wildman–Crippen MR) is 87.7 cm³/mol. The van der Waals surface area contributed by atoms with Crippen molar-refractivity contribution in [1.29, 1.82) is 0 Å². The fourth-order valence-corrected chi connectivity index (χ4v) is 3.16. The average molecular weight is 328 g/mol. The Morgan fingerprint density at radius 2 is 1.77 bits per heavy atom. The molecule has 0 heterocycles. The van der Waals surface area contributed by atoms with Crippen LogP contribution in [0.5, 0.6) is 5.75 Å². The van der Waals surface area contributed by atoms with Crippen molar-refractivity contribution in [2.24, 2.45) is 0 Å². The van der Waals surface area contributed by atoms with E-state index < -0.39 is 10.0 Å². The Bertz CT molecular complexity index is 597. The van der Waals surface area contributed by atoms with Gasteiger partial charge in [-0.25, -0.2) is 8.42 Å². The molecule has 1 aromatic carbocycles. The second kappa shape index (κ2) is 8.03. The minimum atomic E-state index is -3.50. The quantitative estimate of drug-likeness (QED) is 0.729. The summed E-state index contributed by atoms with van der Waals surface area (Å²) in [4.78, 5) is 13.8. The number of ether oxygens (including phenoxy) is 1. The van der Waals surface area contributed by atoms with E-state index in [-0.39, 0.29) is 18.9 Å². The van der Waals surface area contributed by atoms with Crippen molar-refractivity contribution in [1.82, 2.24) is 4.90 Å². The minimum absolute atomic E-state index is 0.0615. The van der Waals surface area contributed by atoms with E-state index in [0.717, 1.165) is 6.26 Å². The summed E-state index contributed by atoms with van der Waals surface area (Å²) in [6.07, 6.45) is 1.26. The molecule has 0 radical (unpaired) electrons. The molecule has 0 aliphatic rings. The first-order valence-electron chi connectivity index (χ1n) is 7.23. The van der Waals surface area contributed by atoms with Crippen molar-refractivity contribution >= 4 is 21.6 Å². The molecule has 0 bridgehead atoms. The SMILES string of the molecule is CCN(CC)C(=O)CCN(c1ccccc1OC)S(C)(=O)=O. The highest BCUT2D eigenvalue weighted by atomic mass is 32.2. The number of benzene rings is 1. The molecule has 6 nitrogen and oxygen atoms in total. The van der Waals surface area contributed by atoms with Crippen molar-refractivity contribution < 1.29 is 17.9 Å². The number of methoxy groups -OCH3 is 1. The van der Waals surface area contributed by atoms with Crippen molar-refractivity contribution in [3.63, 3.8) is 0 Å². The third-order valence-electron chi connectivity index (χ3n) is 3.40. The number of hydrogen-bond donors (Lipinski definition) is 0. The molecule has 7 heteroatoms. The summed E-state index contributed by atoms with van der Waals surface area (Å²) >= 11 is 0. The van der Waals surface area contributed by atoms with Gasteiger partial charge < -0.3 is 9.64 Å². The van der Waals surface area contributed by atoms with E-state index in [1.807, 2.05) is 13.8 Å². The average Bonchev–Trinajstić information content (AvgIpc) is 2.47. The van der Waals surface area contributed by atoms with E-state index in [4.69, 9.17) is 4.74 Å². The minimum Gasteiger partial charge on any atom is -0.495 e. The lowest BCUT2D eigenvalue weighted by Gasteiger charge is -2.25. The van der Waals surface area contributed by atoms with Crippen LogP contribution in [-0.4, -0.2) is 52.2 Å². The van der Waals surface area contributed by atoms with Gasteiger partial charge in [-0.15, -0.1) is 0 Å². The lowest BCUT2D eigenvalue weighted by Crippen LogP contribution is -2.36. The second-order valence-electron chi connectivity index (χ2n) is 4.82. The van der Waals surface area contributed by atoms with Crippen LogP contribution in [-0.2, 0) is 14.8 Å². The number of carbonyl (C=O) groups is 1. The monoisotopic (exact) mass is 328 g/mol. The van der Waals surface area contributed by atoms with Gasteiger partial charge in [-0.2, -0.15) is 0 Å². The molecule has 124 valence electrons. The maximum absolute atomic E-state index is 12.1. The fourth-order valence-electron chi connectivity index (χ4n) is 2.23. The Morgan fingerprint density at radius 3 is 2.27 bits per heavy atom. The topological polar surface area (TPSA) is 66.9 Å². The molecule has 0 aliphatic carbocycles. The van der Waals surface area contributed by atoms with Crippen LogP contribution in [0.25, 0.3) is 0 Å². The number of amides is 1. The van der Waals surface area contributed by atoms with Crippen LogP contribution in [0.1, 0.15) is 20.3 Å². The largest absolute Gasteiger partial charge is 0.495 e. The Kier molecular flexibility index (Phi) is 6.67. The molecule has 0 N–H and O–H groups in total. The molecule has 22 heavy (non-hydrogen) atoms. The first-order chi connectivity index (χ1) is 10.3. The smallest absolute Gasteiger partial charge is 0.232 e. The molecule has 0 saturated carbocycles. The molecular formula is C15H24N2O4S. The van der Waals surface area contributed by atoms with Crippen LogP contribution in [0.3, 0.4) is 0 Å². The highest BCUT2D eigenvalue weighted by Crippen LogP contribution is 2.29. The molecule has 0 aliphatic heterocycles. The number of nitrogens with zero attached hydrogens (tertiary/aromatic N) is 2. The number of carbonyl (C=O) groups excluding carboxylic acids is 1. The highest BCUT2D eigenvalue weighted by molar-refractivity contribution is 7.92. The molecule has 0 unspecified atom stereocenters. The first-order valence-corrected chi connectivity index (χ1v) is 9.08. The van der Waals surface area contributed by atoms with Gasteiger partial charge in [-0.1, -0.05) is 12.1 Å². The molecule has 0 atom stereocenters. The Labute approximate surface area is 132 Å². The molecular weight excluding hydrogens is 304 g/mol. The van der Waals surface area contributed by atoms with Crippen molar-refractivity contribution in [3.8, 4) is 5.75 Å². The fraction of sp³-hybridized carbons (Fsp3) is 0.533. The Morgan fingerprint density at radius 1 is 1.18 bits per heavy atom. The van der Waals surface area contributed by atoms with Gasteiger partial charge >= 0.3 is 0 Å². The summed E-state index contributed by atoms with van der Waals surface area (Å²) in [6.45, 7) is 5.12. The summed E-state index contributed by atoms with van der Waals surface area (Å²) in [5, 5.41) is 0. The third kappa shape index (κ3) is 4.62. The summed E-state index contributed by atoms with van der Waals surface area (Å²) in [5.41, 5.74) is 0.444. The van der Waals surface area contributed by atoms with Crippen LogP contribution in [0.4, 0.5) is 5.69 Å². The Balaban J connectivity index is 2.99. The van der Waals surface area contributed by atoms with Gasteiger partial charge in [0.15, 0.2) is 0 Å². The lowest BCUT2D eigenvalue weighted by atomic mass is 10.2. The van der Waals surface area contributed by atoms with Crippen molar-refractivity contribution in [2.75, 3.05) is 37.3 Å². The molecule has 1 rings (SSSR count). The van der Waals surface area contributed by atoms with Gasteiger partial charge in [-0.3, -0.25) is 9.10 Å². The van der Waals surface area contributed by atoms with Gasteiger partial charge in [0.1, 0.15) is 5.75 Å². The number of rotatable bonds is 8. The van der Waals surface area contributed by atoms with E-state index in [0.29, 0.717) is 24.5 Å². The first kappa shape index (κ1) is 18.3. The van der Waals surface area contributed by atoms with Crippen molar-refractivity contribution in [3.05, 3.63) is 24.3 Å². The number of para-hydroxylation sites is 2. The summed E-state index contributed by atoms with van der Waals surface area (Å²) in [5.74, 6) is 0.400. The zero-order valence-electron chi connectivity index (χ0n) is 13.6. The Hall–Kier alpha value is -1.76. The van der Waals surface area contributed by atoms with Gasteiger partial charge in [0.05, 0.1) is 19.1 Å². The van der Waals surface area contributed by atoms with Crippen molar-refractivity contribution in [2.45, 2.75) is 20.3 Å². The number of sulfonamides is 1. The highest BCUT2D eigenvalue weighted by Gasteiger charge is 2.22. The standard InChI is InChI=1S/C15H24N2O4S/c1-5-16(6-2)15(18)11-12-17(22(4,19)20)13-9-7-8-10-14(13)21-3/h7-10H,5-6,11-12H2,1-4H3. The summed E-state index contributed by atoms with van der Waals surface area (Å²) < 4.78 is 30.6. The molecule has 0 spiro atoms. The third-order valence-corrected chi connectivity index (χ3v) is 4.58. The molecule has 0 saturated heterocycles. The van der Waals surface area contributed by atoms with E-state index in [1.165, 1.54) is 11.4 Å². The summed E-state index contributed by atoms with van der Waals surface area (Å²) in [7, 11) is -2.02. The van der Waals surface area contributed by atoms with Gasteiger partial charge in [0, 0.05) is 26.1 Å².